The molecule has 0 aromatic heterocycles. The number of cyclic esters (lactones) is 2. The van der Waals surface area contributed by atoms with Crippen LogP contribution in [0.15, 0.2) is 0 Å². The zero-order chi connectivity index (χ0) is 42.7. The molecule has 8 bridgehead atoms. The highest BCUT2D eigenvalue weighted by atomic mass is 16.7. The molecule has 9 aliphatic rings. The van der Waals surface area contributed by atoms with Gasteiger partial charge in [0.05, 0.1) is 48.7 Å². The highest BCUT2D eigenvalue weighted by Crippen LogP contribution is 2.73. The lowest BCUT2D eigenvalue weighted by atomic mass is 9.51. The Morgan fingerprint density at radius 2 is 1.47 bits per heavy atom. The fraction of sp³-hybridized carbons (Fsp3) is 0.872. The molecule has 9 fully saturated rings. The molecule has 13 heteroatoms. The zero-order valence-electron chi connectivity index (χ0n) is 36.1. The van der Waals surface area contributed by atoms with E-state index in [0.717, 1.165) is 38.5 Å². The Labute approximate surface area is 353 Å². The van der Waals surface area contributed by atoms with Crippen molar-refractivity contribution < 1.29 is 62.7 Å². The Morgan fingerprint density at radius 1 is 0.750 bits per heavy atom. The van der Waals surface area contributed by atoms with Crippen molar-refractivity contribution >= 4 is 35.8 Å². The van der Waals surface area contributed by atoms with Crippen LogP contribution in [-0.4, -0.2) is 78.2 Å². The quantitative estimate of drug-likeness (QED) is 0.102. The Bertz CT molecular complexity index is 1750. The fourth-order valence-corrected chi connectivity index (χ4v) is 16.7. The number of carboxylic acid groups (broad SMARTS) is 1. The van der Waals surface area contributed by atoms with E-state index in [-0.39, 0.29) is 85.0 Å². The van der Waals surface area contributed by atoms with Gasteiger partial charge in [0.2, 0.25) is 0 Å². The van der Waals surface area contributed by atoms with E-state index in [2.05, 4.69) is 6.92 Å². The summed E-state index contributed by atoms with van der Waals surface area (Å²) in [6, 6.07) is 0. The van der Waals surface area contributed by atoms with Crippen molar-refractivity contribution in [1.29, 1.82) is 0 Å². The molecule has 22 unspecified atom stereocenters. The van der Waals surface area contributed by atoms with Crippen molar-refractivity contribution in [2.24, 2.45) is 124 Å². The maximum Gasteiger partial charge on any atom is 0.317 e. The number of esters is 5. The first-order chi connectivity index (χ1) is 28.5. The Hall–Kier alpha value is -3.06. The van der Waals surface area contributed by atoms with Gasteiger partial charge < -0.3 is 33.9 Å². The number of carboxylic acids is 1. The van der Waals surface area contributed by atoms with Gasteiger partial charge >= 0.3 is 35.8 Å². The number of aliphatic hydroxyl groups excluding tert-OH is 1. The molecule has 8 aliphatic carbocycles. The molecule has 13 nitrogen and oxygen atoms in total. The number of aliphatic hydroxyl groups is 1. The third kappa shape index (κ3) is 6.92. The molecule has 2 N–H and O–H groups in total. The van der Waals surface area contributed by atoms with E-state index in [0.29, 0.717) is 30.6 Å². The second kappa shape index (κ2) is 15.6. The lowest BCUT2D eigenvalue weighted by Gasteiger charge is -2.52. The van der Waals surface area contributed by atoms with Crippen LogP contribution in [0.5, 0.6) is 0 Å². The van der Waals surface area contributed by atoms with Crippen LogP contribution < -0.4 is 0 Å². The molecular formula is C47H66O13. The van der Waals surface area contributed by atoms with E-state index in [1.807, 2.05) is 20.8 Å². The minimum atomic E-state index is -1.06. The normalized spacial score (nSPS) is 47.5. The standard InChI is InChI=1S/C47H66O13/c1-19-23-11-26(32(48)16-33(49)60-47(3,4)5)27(12-23)34(19)36-24-13-28(29(14-24)44(53)58-18-56-6)37(36)39-30-15-31(38(39)35-20(2)43(52)59-46(35)55)41(40(30)42(50)51)45(54)57-17-25-10-21-7-8-22(25)9-21/h19-32,34-41,48H,7-18H2,1-6H3,(H,50,51). The molecule has 0 spiro atoms. The van der Waals surface area contributed by atoms with Gasteiger partial charge in [-0.25, -0.2) is 0 Å². The van der Waals surface area contributed by atoms with Crippen molar-refractivity contribution in [3.8, 4) is 0 Å². The van der Waals surface area contributed by atoms with Gasteiger partial charge in [-0.2, -0.15) is 0 Å². The summed E-state index contributed by atoms with van der Waals surface area (Å²) < 4.78 is 27.8. The summed E-state index contributed by atoms with van der Waals surface area (Å²) in [5, 5.41) is 22.8. The minimum absolute atomic E-state index is 0.0379. The van der Waals surface area contributed by atoms with Crippen molar-refractivity contribution in [2.45, 2.75) is 111 Å². The smallest absolute Gasteiger partial charge is 0.317 e. The molecule has 332 valence electrons. The first-order valence-electron chi connectivity index (χ1n) is 23.2. The predicted octanol–water partition coefficient (Wildman–Crippen LogP) is 5.54. The third-order valence-electron chi connectivity index (χ3n) is 18.4. The van der Waals surface area contributed by atoms with Crippen LogP contribution in [0.25, 0.3) is 0 Å². The molecular weight excluding hydrogens is 773 g/mol. The van der Waals surface area contributed by atoms with Crippen LogP contribution in [0, 0.1) is 124 Å². The number of ether oxygens (including phenoxy) is 5. The average molecular weight is 839 g/mol. The molecule has 1 saturated heterocycles. The number of aliphatic carboxylic acids is 1. The van der Waals surface area contributed by atoms with Crippen LogP contribution in [0.4, 0.5) is 0 Å². The maximum absolute atomic E-state index is 14.4. The molecule has 0 radical (unpaired) electrons. The van der Waals surface area contributed by atoms with E-state index in [1.165, 1.54) is 13.5 Å². The van der Waals surface area contributed by atoms with E-state index in [9.17, 15) is 39.0 Å². The predicted molar refractivity (Wildman–Crippen MR) is 210 cm³/mol. The summed E-state index contributed by atoms with van der Waals surface area (Å²) in [6.07, 6.45) is 7.04. The number of carbonyl (C=O) groups excluding carboxylic acids is 5. The van der Waals surface area contributed by atoms with Gasteiger partial charge in [-0.1, -0.05) is 20.3 Å². The second-order valence-corrected chi connectivity index (χ2v) is 22.1. The molecule has 0 amide bonds. The number of hydrogen-bond acceptors (Lipinski definition) is 12. The van der Waals surface area contributed by atoms with Gasteiger partial charge in [-0.15, -0.1) is 0 Å². The average Bonchev–Trinajstić information content (AvgIpc) is 4.05. The number of rotatable bonds is 13. The van der Waals surface area contributed by atoms with Gasteiger partial charge in [0, 0.05) is 7.11 Å². The summed E-state index contributed by atoms with van der Waals surface area (Å²) in [6.45, 7) is 9.51. The largest absolute Gasteiger partial charge is 0.481 e. The van der Waals surface area contributed by atoms with E-state index < -0.39 is 88.9 Å². The molecule has 1 heterocycles. The summed E-state index contributed by atoms with van der Waals surface area (Å²) in [5.41, 5.74) is -0.677. The number of carbonyl (C=O) groups is 6. The molecule has 9 rings (SSSR count). The highest BCUT2D eigenvalue weighted by Gasteiger charge is 2.73. The van der Waals surface area contributed by atoms with Crippen LogP contribution in [0.3, 0.4) is 0 Å². The molecule has 1 aliphatic heterocycles. The molecule has 0 aromatic carbocycles. The van der Waals surface area contributed by atoms with Gasteiger partial charge in [-0.05, 0) is 167 Å². The van der Waals surface area contributed by atoms with Gasteiger partial charge in [-0.3, -0.25) is 28.8 Å². The van der Waals surface area contributed by atoms with Crippen molar-refractivity contribution in [3.63, 3.8) is 0 Å². The number of hydrogen-bond donors (Lipinski definition) is 2. The highest BCUT2D eigenvalue weighted by molar-refractivity contribution is 5.96. The SMILES string of the molecule is COCOC(=O)C1CC2CC1C(C1C3CC(C(C(=O)OCC4CC5CCC4C5)C3C(=O)O)C1C1C(=O)OC(=O)C1C)C2C1C(C)C2CC(C(O)CC(=O)OC(C)(C)C)C1C2. The monoisotopic (exact) mass is 838 g/mol. The van der Waals surface area contributed by atoms with E-state index >= 15 is 0 Å². The Balaban J connectivity index is 1.07. The number of fused-ring (bicyclic) bond motifs is 8. The lowest BCUT2D eigenvalue weighted by molar-refractivity contribution is -0.172. The van der Waals surface area contributed by atoms with Crippen molar-refractivity contribution in [3.05, 3.63) is 0 Å². The number of methoxy groups -OCH3 is 1. The van der Waals surface area contributed by atoms with Crippen LogP contribution in [0.1, 0.15) is 98.8 Å². The van der Waals surface area contributed by atoms with Crippen LogP contribution >= 0.6 is 0 Å². The minimum Gasteiger partial charge on any atom is -0.481 e. The molecule has 60 heavy (non-hydrogen) atoms. The summed E-state index contributed by atoms with van der Waals surface area (Å²) in [7, 11) is 1.46. The summed E-state index contributed by atoms with van der Waals surface area (Å²) in [4.78, 5) is 81.8. The first kappa shape index (κ1) is 42.3. The Morgan fingerprint density at radius 3 is 2.08 bits per heavy atom. The molecule has 0 aromatic rings. The summed E-state index contributed by atoms with van der Waals surface area (Å²) in [5.74, 6) is -7.60. The van der Waals surface area contributed by atoms with Gasteiger partial charge in [0.1, 0.15) is 5.60 Å². The van der Waals surface area contributed by atoms with Crippen molar-refractivity contribution in [1.82, 2.24) is 0 Å². The van der Waals surface area contributed by atoms with Crippen LogP contribution in [0.2, 0.25) is 0 Å². The topological polar surface area (TPSA) is 189 Å². The van der Waals surface area contributed by atoms with E-state index in [1.54, 1.807) is 6.92 Å². The fourth-order valence-electron chi connectivity index (χ4n) is 16.7. The second-order valence-electron chi connectivity index (χ2n) is 22.1. The van der Waals surface area contributed by atoms with E-state index in [4.69, 9.17) is 23.7 Å². The first-order valence-corrected chi connectivity index (χ1v) is 23.2. The lowest BCUT2D eigenvalue weighted by Crippen LogP contribution is -2.53. The molecule has 22 atom stereocenters. The van der Waals surface area contributed by atoms with Crippen molar-refractivity contribution in [2.75, 3.05) is 20.5 Å². The van der Waals surface area contributed by atoms with Crippen LogP contribution in [-0.2, 0) is 52.5 Å². The van der Waals surface area contributed by atoms with Gasteiger partial charge in [0.25, 0.3) is 0 Å². The maximum atomic E-state index is 14.4. The summed E-state index contributed by atoms with van der Waals surface area (Å²) >= 11 is 0. The van der Waals surface area contributed by atoms with Gasteiger partial charge in [0.15, 0.2) is 6.79 Å². The molecule has 8 saturated carbocycles. The Kier molecular flexibility index (Phi) is 11.0. The third-order valence-corrected chi connectivity index (χ3v) is 18.4. The zero-order valence-corrected chi connectivity index (χ0v) is 36.1.